The first-order valence-corrected chi connectivity index (χ1v) is 8.91. The second-order valence-corrected chi connectivity index (χ2v) is 8.58. The topological polar surface area (TPSA) is 40.5 Å². The van der Waals surface area contributed by atoms with Crippen molar-refractivity contribution in [2.75, 3.05) is 13.1 Å². The predicted molar refractivity (Wildman–Crippen MR) is 81.9 cm³/mol. The maximum Gasteiger partial charge on any atom is 0.139 e. The van der Waals surface area contributed by atoms with E-state index in [1.807, 2.05) is 0 Å². The molecule has 0 aromatic heterocycles. The minimum Gasteiger partial charge on any atom is -0.392 e. The third kappa shape index (κ3) is 1.83. The molecule has 3 heteroatoms. The van der Waals surface area contributed by atoms with Crippen molar-refractivity contribution < 1.29 is 9.90 Å². The molecule has 2 saturated carbocycles. The van der Waals surface area contributed by atoms with E-state index in [9.17, 15) is 9.90 Å². The Morgan fingerprint density at radius 3 is 2.71 bits per heavy atom. The average molecular weight is 291 g/mol. The molecule has 0 radical (unpaired) electrons. The van der Waals surface area contributed by atoms with E-state index in [1.165, 1.54) is 12.8 Å². The summed E-state index contributed by atoms with van der Waals surface area (Å²) in [6, 6.07) is 0. The number of hydrogen-bond donors (Lipinski definition) is 1. The molecule has 2 aliphatic carbocycles. The van der Waals surface area contributed by atoms with Gasteiger partial charge < -0.3 is 5.11 Å². The Bertz CT molecular complexity index is 464. The van der Waals surface area contributed by atoms with Gasteiger partial charge in [-0.2, -0.15) is 0 Å². The van der Waals surface area contributed by atoms with Gasteiger partial charge in [-0.3, -0.25) is 9.69 Å². The number of hydrogen-bond acceptors (Lipinski definition) is 3. The maximum atomic E-state index is 12.4. The fourth-order valence-electron chi connectivity index (χ4n) is 6.48. The summed E-state index contributed by atoms with van der Waals surface area (Å²) in [6.45, 7) is 6.67. The number of β-amino-alcohol motifs (C(OH)–C–C–N with tert-alkyl or cyclic N) is 1. The van der Waals surface area contributed by atoms with Gasteiger partial charge in [-0.1, -0.05) is 6.92 Å². The Kier molecular flexibility index (Phi) is 3.07. The number of rotatable bonds is 0. The fraction of sp³-hybridized carbons (Fsp3) is 0.944. The Morgan fingerprint density at radius 1 is 1.10 bits per heavy atom. The van der Waals surface area contributed by atoms with Crippen molar-refractivity contribution >= 4 is 5.78 Å². The number of aliphatic hydroxyl groups excluding tert-OH is 1. The maximum absolute atomic E-state index is 12.4. The number of carbonyl (C=O) groups is 1. The van der Waals surface area contributed by atoms with Crippen molar-refractivity contribution in [2.24, 2.45) is 23.2 Å². The molecule has 0 spiro atoms. The van der Waals surface area contributed by atoms with E-state index in [2.05, 4.69) is 18.7 Å². The molecule has 0 unspecified atom stereocenters. The molecule has 1 N–H and O–H groups in total. The molecule has 2 aliphatic heterocycles. The van der Waals surface area contributed by atoms with Crippen LogP contribution in [0.25, 0.3) is 0 Å². The van der Waals surface area contributed by atoms with Crippen LogP contribution in [0, 0.1) is 23.2 Å². The monoisotopic (exact) mass is 291 g/mol. The van der Waals surface area contributed by atoms with E-state index < -0.39 is 0 Å². The highest BCUT2D eigenvalue weighted by molar-refractivity contribution is 5.87. The van der Waals surface area contributed by atoms with Crippen LogP contribution in [0.15, 0.2) is 0 Å². The lowest BCUT2D eigenvalue weighted by Crippen LogP contribution is -2.65. The van der Waals surface area contributed by atoms with Crippen LogP contribution >= 0.6 is 0 Å². The van der Waals surface area contributed by atoms with Crippen molar-refractivity contribution in [1.82, 2.24) is 4.90 Å². The van der Waals surface area contributed by atoms with Gasteiger partial charge in [0.05, 0.1) is 6.10 Å². The zero-order chi connectivity index (χ0) is 14.8. The second kappa shape index (κ2) is 4.55. The first-order valence-electron chi connectivity index (χ1n) is 8.91. The number of ketones is 1. The highest BCUT2D eigenvalue weighted by atomic mass is 16.3. The summed E-state index contributed by atoms with van der Waals surface area (Å²) in [5, 5.41) is 10.00. The number of piperidine rings is 2. The molecule has 21 heavy (non-hydrogen) atoms. The summed E-state index contributed by atoms with van der Waals surface area (Å²) in [5.41, 5.74) is 0.267. The summed E-state index contributed by atoms with van der Waals surface area (Å²) in [5.74, 6) is 2.65. The molecule has 0 amide bonds. The van der Waals surface area contributed by atoms with Crippen molar-refractivity contribution in [2.45, 2.75) is 70.4 Å². The lowest BCUT2D eigenvalue weighted by molar-refractivity contribution is -0.144. The Balaban J connectivity index is 1.64. The molecule has 4 aliphatic rings. The van der Waals surface area contributed by atoms with Crippen molar-refractivity contribution in [3.63, 3.8) is 0 Å². The summed E-state index contributed by atoms with van der Waals surface area (Å²) in [7, 11) is 0. The van der Waals surface area contributed by atoms with E-state index in [0.717, 1.165) is 57.0 Å². The van der Waals surface area contributed by atoms with Crippen molar-refractivity contribution in [3.8, 4) is 0 Å². The van der Waals surface area contributed by atoms with Gasteiger partial charge in [0.25, 0.3) is 0 Å². The van der Waals surface area contributed by atoms with Crippen molar-refractivity contribution in [3.05, 3.63) is 0 Å². The quantitative estimate of drug-likeness (QED) is 0.746. The molecule has 6 atom stereocenters. The average Bonchev–Trinajstić information content (AvgIpc) is 2.76. The van der Waals surface area contributed by atoms with Crippen LogP contribution in [0.3, 0.4) is 0 Å². The summed E-state index contributed by atoms with van der Waals surface area (Å²) in [4.78, 5) is 14.9. The van der Waals surface area contributed by atoms with E-state index in [4.69, 9.17) is 0 Å². The smallest absolute Gasteiger partial charge is 0.139 e. The molecule has 2 heterocycles. The normalized spacial score (nSPS) is 54.0. The van der Waals surface area contributed by atoms with Crippen molar-refractivity contribution in [1.29, 1.82) is 0 Å². The molecule has 118 valence electrons. The zero-order valence-electron chi connectivity index (χ0n) is 13.5. The fourth-order valence-corrected chi connectivity index (χ4v) is 6.48. The van der Waals surface area contributed by atoms with Crippen LogP contribution in [0.4, 0.5) is 0 Å². The summed E-state index contributed by atoms with van der Waals surface area (Å²) < 4.78 is 0. The number of carbonyl (C=O) groups excluding carboxylic acids is 1. The summed E-state index contributed by atoms with van der Waals surface area (Å²) in [6.07, 6.45) is 7.47. The van der Waals surface area contributed by atoms with Crippen LogP contribution in [0.2, 0.25) is 0 Å². The highest BCUT2D eigenvalue weighted by Crippen LogP contribution is 2.60. The van der Waals surface area contributed by atoms with Gasteiger partial charge in [0, 0.05) is 23.9 Å². The van der Waals surface area contributed by atoms with Gasteiger partial charge in [-0.25, -0.2) is 0 Å². The second-order valence-electron chi connectivity index (χ2n) is 8.58. The van der Waals surface area contributed by atoms with Gasteiger partial charge in [-0.05, 0) is 69.7 Å². The zero-order valence-corrected chi connectivity index (χ0v) is 13.5. The number of nitrogens with zero attached hydrogens (tertiary/aromatic N) is 1. The number of aliphatic hydroxyl groups is 1. The lowest BCUT2D eigenvalue weighted by atomic mass is 9.53. The van der Waals surface area contributed by atoms with Crippen LogP contribution in [-0.2, 0) is 4.79 Å². The third-order valence-electron chi connectivity index (χ3n) is 7.81. The molecule has 2 saturated heterocycles. The SMILES string of the molecule is C[C@]12CC[C@H]3[C@@H](CCN4C[C@@H](O)CC[C@]34C)[C@@H]1CCC2=O. The molecular weight excluding hydrogens is 262 g/mol. The van der Waals surface area contributed by atoms with Crippen LogP contribution in [0.1, 0.15) is 58.8 Å². The Morgan fingerprint density at radius 2 is 1.90 bits per heavy atom. The van der Waals surface area contributed by atoms with Gasteiger partial charge in [0.15, 0.2) is 0 Å². The Labute approximate surface area is 128 Å². The van der Waals surface area contributed by atoms with Crippen LogP contribution in [0.5, 0.6) is 0 Å². The Hall–Kier alpha value is -0.410. The van der Waals surface area contributed by atoms with E-state index >= 15 is 0 Å². The summed E-state index contributed by atoms with van der Waals surface area (Å²) >= 11 is 0. The molecule has 4 rings (SSSR count). The van der Waals surface area contributed by atoms with E-state index in [1.54, 1.807) is 0 Å². The predicted octanol–water partition coefficient (Wildman–Crippen LogP) is 2.62. The molecule has 3 nitrogen and oxygen atoms in total. The lowest BCUT2D eigenvalue weighted by Gasteiger charge is -2.61. The molecule has 4 fully saturated rings. The molecule has 0 bridgehead atoms. The minimum absolute atomic E-state index is 0.00607. The van der Waals surface area contributed by atoms with Gasteiger partial charge in [0.2, 0.25) is 0 Å². The first kappa shape index (κ1) is 14.2. The van der Waals surface area contributed by atoms with E-state index in [-0.39, 0.29) is 17.1 Å². The van der Waals surface area contributed by atoms with Gasteiger partial charge in [0.1, 0.15) is 5.78 Å². The van der Waals surface area contributed by atoms with E-state index in [0.29, 0.717) is 11.7 Å². The first-order chi connectivity index (χ1) is 9.95. The number of fused-ring (bicyclic) bond motifs is 5. The largest absolute Gasteiger partial charge is 0.392 e. The standard InChI is InChI=1S/C18H29NO2/c1-17-8-6-15-13(14(17)3-4-16(17)21)7-10-19-11-12(20)5-9-18(15,19)2/h12-15,20H,3-11H2,1-2H3/t12-,13-,14-,15-,17-,18+/m0/s1. The van der Waals surface area contributed by atoms with Gasteiger partial charge >= 0.3 is 0 Å². The highest BCUT2D eigenvalue weighted by Gasteiger charge is 2.59. The van der Waals surface area contributed by atoms with Crippen LogP contribution < -0.4 is 0 Å². The third-order valence-corrected chi connectivity index (χ3v) is 7.81. The molecule has 0 aromatic rings. The van der Waals surface area contributed by atoms with Crippen LogP contribution in [-0.4, -0.2) is 40.5 Å². The molecular formula is C18H29NO2. The molecule has 0 aromatic carbocycles. The number of Topliss-reactive ketones (excluding diaryl/α,β-unsaturated/α-hetero) is 1. The minimum atomic E-state index is -0.128. The van der Waals surface area contributed by atoms with Gasteiger partial charge in [-0.15, -0.1) is 0 Å².